The maximum Gasteiger partial charge on any atom is 0.0590 e. The van der Waals surface area contributed by atoms with E-state index in [0.29, 0.717) is 5.92 Å². The molecular weight excluding hydrogens is 154 g/mol. The molecule has 1 saturated heterocycles. The molecule has 72 valence electrons. The van der Waals surface area contributed by atoms with E-state index in [4.69, 9.17) is 4.74 Å². The molecule has 1 aliphatic heterocycles. The highest BCUT2D eigenvalue weighted by atomic mass is 16.5. The van der Waals surface area contributed by atoms with E-state index in [1.54, 1.807) is 7.11 Å². The van der Waals surface area contributed by atoms with Crippen LogP contribution < -0.4 is 0 Å². The number of aliphatic hydroxyl groups excluding tert-OH is 1. The van der Waals surface area contributed by atoms with Crippen LogP contribution in [-0.2, 0) is 4.74 Å². The third-order valence-corrected chi connectivity index (χ3v) is 2.56. The predicted molar refractivity (Wildman–Crippen MR) is 48.1 cm³/mol. The van der Waals surface area contributed by atoms with Gasteiger partial charge in [0.05, 0.1) is 12.7 Å². The molecule has 1 N–H and O–H groups in total. The molecule has 2 atom stereocenters. The monoisotopic (exact) mass is 173 g/mol. The van der Waals surface area contributed by atoms with Crippen LogP contribution in [0.25, 0.3) is 0 Å². The molecule has 0 saturated carbocycles. The van der Waals surface area contributed by atoms with Gasteiger partial charge in [0.25, 0.3) is 0 Å². The summed E-state index contributed by atoms with van der Waals surface area (Å²) in [4.78, 5) is 2.35. The van der Waals surface area contributed by atoms with Crippen LogP contribution in [0.4, 0.5) is 0 Å². The van der Waals surface area contributed by atoms with Crippen molar-refractivity contribution in [1.29, 1.82) is 0 Å². The summed E-state index contributed by atoms with van der Waals surface area (Å²) < 4.78 is 5.00. The Balaban J connectivity index is 2.21. The van der Waals surface area contributed by atoms with Gasteiger partial charge in [-0.2, -0.15) is 0 Å². The molecule has 0 unspecified atom stereocenters. The van der Waals surface area contributed by atoms with Crippen molar-refractivity contribution in [2.75, 3.05) is 33.4 Å². The number of hydrogen-bond acceptors (Lipinski definition) is 3. The highest BCUT2D eigenvalue weighted by Crippen LogP contribution is 2.15. The van der Waals surface area contributed by atoms with Crippen LogP contribution >= 0.6 is 0 Å². The first-order valence-corrected chi connectivity index (χ1v) is 4.63. The quantitative estimate of drug-likeness (QED) is 0.668. The first-order valence-electron chi connectivity index (χ1n) is 4.63. The van der Waals surface area contributed by atoms with Crippen LogP contribution in [0.15, 0.2) is 0 Å². The molecule has 3 nitrogen and oxygen atoms in total. The second-order valence-electron chi connectivity index (χ2n) is 3.63. The summed E-state index contributed by atoms with van der Waals surface area (Å²) >= 11 is 0. The number of rotatable bonds is 3. The fraction of sp³-hybridized carbons (Fsp3) is 1.00. The molecule has 0 aromatic carbocycles. The molecular formula is C9H19NO2. The van der Waals surface area contributed by atoms with Gasteiger partial charge in [-0.05, 0) is 12.3 Å². The average molecular weight is 173 g/mol. The third kappa shape index (κ3) is 2.73. The fourth-order valence-electron chi connectivity index (χ4n) is 1.64. The SMILES string of the molecule is COCCN1CC[C@@H](O)[C@@H](C)C1. The van der Waals surface area contributed by atoms with Gasteiger partial charge in [0, 0.05) is 26.7 Å². The zero-order chi connectivity index (χ0) is 8.97. The van der Waals surface area contributed by atoms with Crippen molar-refractivity contribution < 1.29 is 9.84 Å². The van der Waals surface area contributed by atoms with E-state index < -0.39 is 0 Å². The van der Waals surface area contributed by atoms with Crippen LogP contribution in [0.5, 0.6) is 0 Å². The van der Waals surface area contributed by atoms with E-state index in [-0.39, 0.29) is 6.10 Å². The first-order chi connectivity index (χ1) is 5.74. The highest BCUT2D eigenvalue weighted by molar-refractivity contribution is 4.76. The van der Waals surface area contributed by atoms with Crippen molar-refractivity contribution in [3.05, 3.63) is 0 Å². The number of ether oxygens (including phenoxy) is 1. The molecule has 0 aromatic heterocycles. The van der Waals surface area contributed by atoms with Crippen molar-refractivity contribution in [2.24, 2.45) is 5.92 Å². The minimum absolute atomic E-state index is 0.0937. The number of hydrogen-bond donors (Lipinski definition) is 1. The molecule has 0 radical (unpaired) electrons. The summed E-state index contributed by atoms with van der Waals surface area (Å²) in [6, 6.07) is 0. The molecule has 1 heterocycles. The molecule has 3 heteroatoms. The van der Waals surface area contributed by atoms with Crippen molar-refractivity contribution >= 4 is 0 Å². The normalized spacial score (nSPS) is 32.2. The van der Waals surface area contributed by atoms with Gasteiger partial charge in [-0.25, -0.2) is 0 Å². The Bertz CT molecular complexity index is 128. The molecule has 12 heavy (non-hydrogen) atoms. The maximum absolute atomic E-state index is 9.46. The third-order valence-electron chi connectivity index (χ3n) is 2.56. The topological polar surface area (TPSA) is 32.7 Å². The van der Waals surface area contributed by atoms with Crippen molar-refractivity contribution in [2.45, 2.75) is 19.4 Å². The zero-order valence-electron chi connectivity index (χ0n) is 7.99. The fourth-order valence-corrected chi connectivity index (χ4v) is 1.64. The highest BCUT2D eigenvalue weighted by Gasteiger charge is 2.23. The molecule has 0 amide bonds. The second kappa shape index (κ2) is 4.80. The van der Waals surface area contributed by atoms with Gasteiger partial charge in [-0.1, -0.05) is 6.92 Å². The lowest BCUT2D eigenvalue weighted by atomic mass is 9.97. The van der Waals surface area contributed by atoms with E-state index in [1.807, 2.05) is 0 Å². The Morgan fingerprint density at radius 2 is 2.33 bits per heavy atom. The van der Waals surface area contributed by atoms with Crippen LogP contribution in [0.3, 0.4) is 0 Å². The van der Waals surface area contributed by atoms with Crippen LogP contribution in [0.2, 0.25) is 0 Å². The minimum atomic E-state index is -0.0937. The molecule has 0 spiro atoms. The largest absolute Gasteiger partial charge is 0.393 e. The molecule has 0 aromatic rings. The van der Waals surface area contributed by atoms with Crippen LogP contribution in [-0.4, -0.2) is 49.5 Å². The number of nitrogens with zero attached hydrogens (tertiary/aromatic N) is 1. The van der Waals surface area contributed by atoms with E-state index in [2.05, 4.69) is 11.8 Å². The summed E-state index contributed by atoms with van der Waals surface area (Å²) in [5, 5.41) is 9.46. The van der Waals surface area contributed by atoms with Gasteiger partial charge in [-0.15, -0.1) is 0 Å². The lowest BCUT2D eigenvalue weighted by Crippen LogP contribution is -2.43. The summed E-state index contributed by atoms with van der Waals surface area (Å²) in [6.45, 7) is 5.90. The molecule has 1 rings (SSSR count). The maximum atomic E-state index is 9.46. The number of piperidine rings is 1. The lowest BCUT2D eigenvalue weighted by molar-refractivity contribution is 0.0254. The van der Waals surface area contributed by atoms with Crippen molar-refractivity contribution in [3.63, 3.8) is 0 Å². The van der Waals surface area contributed by atoms with Gasteiger partial charge in [0.2, 0.25) is 0 Å². The summed E-state index contributed by atoms with van der Waals surface area (Å²) in [5.41, 5.74) is 0. The Morgan fingerprint density at radius 3 is 2.92 bits per heavy atom. The Morgan fingerprint density at radius 1 is 1.58 bits per heavy atom. The van der Waals surface area contributed by atoms with E-state index in [0.717, 1.165) is 32.7 Å². The first kappa shape index (κ1) is 9.96. The van der Waals surface area contributed by atoms with E-state index in [9.17, 15) is 5.11 Å². The van der Waals surface area contributed by atoms with E-state index in [1.165, 1.54) is 0 Å². The Labute approximate surface area is 74.3 Å². The Kier molecular flexibility index (Phi) is 3.98. The van der Waals surface area contributed by atoms with Crippen LogP contribution in [0, 0.1) is 5.92 Å². The van der Waals surface area contributed by atoms with Gasteiger partial charge in [0.1, 0.15) is 0 Å². The average Bonchev–Trinajstić information content (AvgIpc) is 2.07. The van der Waals surface area contributed by atoms with Crippen molar-refractivity contribution in [3.8, 4) is 0 Å². The molecule has 1 aliphatic rings. The number of likely N-dealkylation sites (tertiary alicyclic amines) is 1. The number of aliphatic hydroxyl groups is 1. The summed E-state index contributed by atoms with van der Waals surface area (Å²) in [7, 11) is 1.72. The summed E-state index contributed by atoms with van der Waals surface area (Å²) in [6.07, 6.45) is 0.814. The van der Waals surface area contributed by atoms with Gasteiger partial charge < -0.3 is 14.7 Å². The number of methoxy groups -OCH3 is 1. The lowest BCUT2D eigenvalue weighted by Gasteiger charge is -2.34. The van der Waals surface area contributed by atoms with Crippen molar-refractivity contribution in [1.82, 2.24) is 4.90 Å². The Hall–Kier alpha value is -0.120. The molecule has 0 aliphatic carbocycles. The standard InChI is InChI=1S/C9H19NO2/c1-8-7-10(5-6-12-2)4-3-9(8)11/h8-9,11H,3-7H2,1-2H3/t8-,9+/m0/s1. The van der Waals surface area contributed by atoms with E-state index >= 15 is 0 Å². The van der Waals surface area contributed by atoms with Gasteiger partial charge in [0.15, 0.2) is 0 Å². The minimum Gasteiger partial charge on any atom is -0.393 e. The second-order valence-corrected chi connectivity index (χ2v) is 3.63. The molecule has 0 bridgehead atoms. The van der Waals surface area contributed by atoms with Gasteiger partial charge in [-0.3, -0.25) is 0 Å². The predicted octanol–water partition coefficient (Wildman–Crippen LogP) is 0.335. The zero-order valence-corrected chi connectivity index (χ0v) is 7.99. The van der Waals surface area contributed by atoms with Crippen LogP contribution in [0.1, 0.15) is 13.3 Å². The van der Waals surface area contributed by atoms with Gasteiger partial charge >= 0.3 is 0 Å². The molecule has 1 fully saturated rings. The summed E-state index contributed by atoms with van der Waals surface area (Å²) in [5.74, 6) is 0.413. The smallest absolute Gasteiger partial charge is 0.0590 e.